The topological polar surface area (TPSA) is 105 Å². The first-order valence-corrected chi connectivity index (χ1v) is 11.9. The summed E-state index contributed by atoms with van der Waals surface area (Å²) >= 11 is 0. The highest BCUT2D eigenvalue weighted by Gasteiger charge is 2.37. The lowest BCUT2D eigenvalue weighted by atomic mass is 9.99. The van der Waals surface area contributed by atoms with Crippen LogP contribution in [0.4, 0.5) is 10.1 Å². The summed E-state index contributed by atoms with van der Waals surface area (Å²) in [6.07, 6.45) is 7.07. The second-order valence-corrected chi connectivity index (χ2v) is 9.62. The van der Waals surface area contributed by atoms with Gasteiger partial charge in [0.05, 0.1) is 17.8 Å². The zero-order valence-electron chi connectivity index (χ0n) is 17.9. The molecule has 1 aromatic carbocycles. The van der Waals surface area contributed by atoms with Gasteiger partial charge in [-0.1, -0.05) is 23.4 Å². The highest BCUT2D eigenvalue weighted by atomic mass is 32.2. The van der Waals surface area contributed by atoms with E-state index in [2.05, 4.69) is 15.5 Å². The Morgan fingerprint density at radius 2 is 2.06 bits per heavy atom. The van der Waals surface area contributed by atoms with Crippen molar-refractivity contribution >= 4 is 33.8 Å². The largest absolute Gasteiger partial charge is 0.355 e. The van der Waals surface area contributed by atoms with Crippen molar-refractivity contribution in [1.82, 2.24) is 14.4 Å². The van der Waals surface area contributed by atoms with E-state index in [0.29, 0.717) is 24.1 Å². The van der Waals surface area contributed by atoms with E-state index in [1.54, 1.807) is 36.5 Å². The number of carbonyl (C=O) groups is 1. The van der Waals surface area contributed by atoms with E-state index in [0.717, 1.165) is 0 Å². The van der Waals surface area contributed by atoms with Crippen molar-refractivity contribution < 1.29 is 22.1 Å². The molecule has 2 aromatic heterocycles. The first-order chi connectivity index (χ1) is 15.9. The molecule has 0 unspecified atom stereocenters. The van der Waals surface area contributed by atoms with Crippen molar-refractivity contribution in [2.75, 3.05) is 18.4 Å². The molecule has 0 saturated carbocycles. The van der Waals surface area contributed by atoms with Gasteiger partial charge < -0.3 is 9.84 Å². The molecule has 1 fully saturated rings. The molecule has 1 saturated heterocycles. The zero-order valence-corrected chi connectivity index (χ0v) is 18.8. The van der Waals surface area contributed by atoms with Gasteiger partial charge in [-0.3, -0.25) is 9.78 Å². The van der Waals surface area contributed by atoms with Gasteiger partial charge in [0.15, 0.2) is 10.7 Å². The van der Waals surface area contributed by atoms with Gasteiger partial charge in [-0.2, -0.15) is 4.31 Å². The maximum Gasteiger partial charge on any atom is 0.248 e. The lowest BCUT2D eigenvalue weighted by molar-refractivity contribution is -0.120. The number of aromatic nitrogens is 2. The molecule has 1 amide bonds. The minimum Gasteiger partial charge on any atom is -0.355 e. The number of halogens is 1. The Labute approximate surface area is 191 Å². The van der Waals surface area contributed by atoms with E-state index in [1.165, 1.54) is 35.6 Å². The van der Waals surface area contributed by atoms with Crippen LogP contribution in [0.15, 0.2) is 58.2 Å². The van der Waals surface area contributed by atoms with Crippen LogP contribution in [0.5, 0.6) is 0 Å². The maximum atomic E-state index is 13.9. The summed E-state index contributed by atoms with van der Waals surface area (Å²) in [6, 6.07) is 9.55. The summed E-state index contributed by atoms with van der Waals surface area (Å²) < 4.78 is 47.4. The first kappa shape index (κ1) is 22.8. The second-order valence-electron chi connectivity index (χ2n) is 7.75. The van der Waals surface area contributed by atoms with E-state index in [4.69, 9.17) is 4.52 Å². The summed E-state index contributed by atoms with van der Waals surface area (Å²) in [7, 11) is -3.99. The molecule has 1 aliphatic heterocycles. The minimum atomic E-state index is -3.99. The zero-order chi connectivity index (χ0) is 23.4. The third-order valence-corrected chi connectivity index (χ3v) is 7.46. The Kier molecular flexibility index (Phi) is 6.66. The Hall–Kier alpha value is -3.37. The van der Waals surface area contributed by atoms with Crippen molar-refractivity contribution in [3.8, 4) is 0 Å². The number of pyridine rings is 1. The molecule has 3 aromatic rings. The molecule has 0 bridgehead atoms. The van der Waals surface area contributed by atoms with Crippen LogP contribution in [0.3, 0.4) is 0 Å². The molecule has 1 aliphatic rings. The number of hydrogen-bond donors (Lipinski definition) is 1. The van der Waals surface area contributed by atoms with E-state index in [9.17, 15) is 17.6 Å². The van der Waals surface area contributed by atoms with Crippen LogP contribution in [0.1, 0.15) is 29.9 Å². The summed E-state index contributed by atoms with van der Waals surface area (Å²) in [5.74, 6) is -1.19. The number of anilines is 1. The van der Waals surface area contributed by atoms with Crippen LogP contribution >= 0.6 is 0 Å². The van der Waals surface area contributed by atoms with Crippen LogP contribution in [0.25, 0.3) is 12.2 Å². The number of benzene rings is 1. The molecule has 0 radical (unpaired) electrons. The van der Waals surface area contributed by atoms with E-state index < -0.39 is 21.8 Å². The number of sulfonamides is 1. The monoisotopic (exact) mass is 470 g/mol. The van der Waals surface area contributed by atoms with Crippen LogP contribution in [-0.2, 0) is 14.8 Å². The van der Waals surface area contributed by atoms with Crippen LogP contribution < -0.4 is 5.32 Å². The fourth-order valence-electron chi connectivity index (χ4n) is 3.76. The van der Waals surface area contributed by atoms with Gasteiger partial charge in [0.25, 0.3) is 0 Å². The lowest BCUT2D eigenvalue weighted by Crippen LogP contribution is -2.43. The molecular weight excluding hydrogens is 447 g/mol. The van der Waals surface area contributed by atoms with Crippen molar-refractivity contribution in [3.63, 3.8) is 0 Å². The quantitative estimate of drug-likeness (QED) is 0.589. The number of aryl methyl sites for hydroxylation is 1. The number of amides is 1. The van der Waals surface area contributed by atoms with Gasteiger partial charge in [0.2, 0.25) is 15.9 Å². The second kappa shape index (κ2) is 9.63. The maximum absolute atomic E-state index is 13.9. The van der Waals surface area contributed by atoms with Crippen LogP contribution in [-0.4, -0.2) is 41.9 Å². The lowest BCUT2D eigenvalue weighted by Gasteiger charge is -2.31. The van der Waals surface area contributed by atoms with Gasteiger partial charge in [-0.15, -0.1) is 0 Å². The van der Waals surface area contributed by atoms with Crippen molar-refractivity contribution in [1.29, 1.82) is 0 Å². The summed E-state index contributed by atoms with van der Waals surface area (Å²) in [5, 5.41) is 6.59. The van der Waals surface area contributed by atoms with Gasteiger partial charge in [0, 0.05) is 24.8 Å². The molecule has 1 N–H and O–H groups in total. The average molecular weight is 471 g/mol. The molecule has 33 heavy (non-hydrogen) atoms. The van der Waals surface area contributed by atoms with Crippen LogP contribution in [0.2, 0.25) is 0 Å². The van der Waals surface area contributed by atoms with Crippen molar-refractivity contribution in [3.05, 3.63) is 71.6 Å². The smallest absolute Gasteiger partial charge is 0.248 e. The molecule has 0 spiro atoms. The molecule has 1 atom stereocenters. The van der Waals surface area contributed by atoms with Gasteiger partial charge in [-0.25, -0.2) is 12.8 Å². The molecular formula is C23H23FN4O4S. The highest BCUT2D eigenvalue weighted by Crippen LogP contribution is 2.29. The highest BCUT2D eigenvalue weighted by molar-refractivity contribution is 7.89. The predicted molar refractivity (Wildman–Crippen MR) is 121 cm³/mol. The number of rotatable bonds is 6. The number of piperidine rings is 1. The van der Waals surface area contributed by atoms with Gasteiger partial charge in [0.1, 0.15) is 11.5 Å². The third-order valence-electron chi connectivity index (χ3n) is 5.43. The summed E-state index contributed by atoms with van der Waals surface area (Å²) in [5.41, 5.74) is 1.04. The molecule has 10 heteroatoms. The van der Waals surface area contributed by atoms with Crippen molar-refractivity contribution in [2.45, 2.75) is 24.7 Å². The van der Waals surface area contributed by atoms with E-state index in [-0.39, 0.29) is 35.3 Å². The normalized spacial score (nSPS) is 17.3. The predicted octanol–water partition coefficient (Wildman–Crippen LogP) is 3.73. The summed E-state index contributed by atoms with van der Waals surface area (Å²) in [4.78, 5) is 16.6. The molecule has 3 heterocycles. The number of hydrogen-bond acceptors (Lipinski definition) is 6. The fraction of sp³-hybridized carbons (Fsp3) is 0.261. The van der Waals surface area contributed by atoms with Gasteiger partial charge in [-0.05, 0) is 50.1 Å². The Morgan fingerprint density at radius 3 is 2.82 bits per heavy atom. The third kappa shape index (κ3) is 5.01. The van der Waals surface area contributed by atoms with Gasteiger partial charge >= 0.3 is 0 Å². The number of nitrogens with one attached hydrogen (secondary N) is 1. The SMILES string of the molecule is Cc1noc(/C=C/c2ccccc2F)c1S(=O)(=O)N1CCC[C@@H](C(=O)Nc2cccnc2)C1. The van der Waals surface area contributed by atoms with Crippen LogP contribution in [0, 0.1) is 18.7 Å². The summed E-state index contributed by atoms with van der Waals surface area (Å²) in [6.45, 7) is 1.85. The molecule has 4 rings (SSSR count). The number of carbonyl (C=O) groups excluding carboxylic acids is 1. The molecule has 8 nitrogen and oxygen atoms in total. The molecule has 172 valence electrons. The van der Waals surface area contributed by atoms with E-state index >= 15 is 0 Å². The van der Waals surface area contributed by atoms with E-state index in [1.807, 2.05) is 0 Å². The van der Waals surface area contributed by atoms with Crippen molar-refractivity contribution in [2.24, 2.45) is 5.92 Å². The first-order valence-electron chi connectivity index (χ1n) is 10.5. The Morgan fingerprint density at radius 1 is 1.24 bits per heavy atom. The Balaban J connectivity index is 1.55. The molecule has 0 aliphatic carbocycles. The fourth-order valence-corrected chi connectivity index (χ4v) is 5.53. The number of nitrogens with zero attached hydrogens (tertiary/aromatic N) is 3. The Bertz CT molecular complexity index is 1270. The standard InChI is InChI=1S/C23H23FN4O4S/c1-16-22(21(32-27-16)11-10-17-6-2-3-9-20(17)24)33(30,31)28-13-5-7-18(15-28)23(29)26-19-8-4-12-25-14-19/h2-4,6,8-12,14,18H,5,7,13,15H2,1H3,(H,26,29)/b11-10+/t18-/m1/s1. The average Bonchev–Trinajstić information content (AvgIpc) is 3.20. The minimum absolute atomic E-state index is 0.0117.